The van der Waals surface area contributed by atoms with Crippen molar-refractivity contribution in [2.24, 2.45) is 11.8 Å². The van der Waals surface area contributed by atoms with Crippen LogP contribution in [0.15, 0.2) is 18.2 Å². The van der Waals surface area contributed by atoms with Crippen LogP contribution in [0.1, 0.15) is 39.4 Å². The smallest absolute Gasteiger partial charge is 0.129 e. The first-order chi connectivity index (χ1) is 8.82. The first kappa shape index (κ1) is 16.1. The van der Waals surface area contributed by atoms with Crippen molar-refractivity contribution in [2.75, 3.05) is 6.54 Å². The molecule has 0 amide bonds. The summed E-state index contributed by atoms with van der Waals surface area (Å²) in [5, 5.41) is 13.5. The van der Waals surface area contributed by atoms with E-state index in [0.29, 0.717) is 5.92 Å². The first-order valence-electron chi connectivity index (χ1n) is 6.69. The molecule has 19 heavy (non-hydrogen) atoms. The van der Waals surface area contributed by atoms with E-state index in [4.69, 9.17) is 0 Å². The van der Waals surface area contributed by atoms with Crippen molar-refractivity contribution < 1.29 is 13.9 Å². The Morgan fingerprint density at radius 3 is 2.32 bits per heavy atom. The number of aliphatic hydroxyl groups excluding tert-OH is 1. The fourth-order valence-electron chi connectivity index (χ4n) is 2.02. The van der Waals surface area contributed by atoms with E-state index in [1.807, 2.05) is 13.8 Å². The topological polar surface area (TPSA) is 32.3 Å². The van der Waals surface area contributed by atoms with Gasteiger partial charge in [-0.25, -0.2) is 8.78 Å². The van der Waals surface area contributed by atoms with Gasteiger partial charge in [0, 0.05) is 11.6 Å². The summed E-state index contributed by atoms with van der Waals surface area (Å²) in [6.07, 6.45) is -1.06. The number of nitrogens with one attached hydrogen (secondary N) is 1. The Morgan fingerprint density at radius 2 is 1.79 bits per heavy atom. The van der Waals surface area contributed by atoms with Gasteiger partial charge in [-0.05, 0) is 36.6 Å². The summed E-state index contributed by atoms with van der Waals surface area (Å²) in [5.74, 6) is -0.588. The molecule has 0 aliphatic heterocycles. The SMILES string of the molecule is CC(C)CNC(C(C)C)C(O)c1cc(F)ccc1F. The maximum Gasteiger partial charge on any atom is 0.129 e. The number of halogens is 2. The van der Waals surface area contributed by atoms with E-state index in [1.54, 1.807) is 0 Å². The Morgan fingerprint density at radius 1 is 1.16 bits per heavy atom. The molecular weight excluding hydrogens is 248 g/mol. The molecule has 2 atom stereocenters. The number of hydrogen-bond acceptors (Lipinski definition) is 2. The zero-order valence-corrected chi connectivity index (χ0v) is 12.0. The van der Waals surface area contributed by atoms with Crippen LogP contribution in [0, 0.1) is 23.5 Å². The Hall–Kier alpha value is -1.00. The molecule has 4 heteroatoms. The van der Waals surface area contributed by atoms with E-state index in [1.165, 1.54) is 0 Å². The molecule has 0 aliphatic rings. The standard InChI is InChI=1S/C15H23F2NO/c1-9(2)8-18-14(10(3)4)15(19)12-7-11(16)5-6-13(12)17/h5-7,9-10,14-15,18-19H,8H2,1-4H3. The third kappa shape index (κ3) is 4.55. The van der Waals surface area contributed by atoms with Gasteiger partial charge in [0.05, 0.1) is 6.10 Å². The summed E-state index contributed by atoms with van der Waals surface area (Å²) in [6, 6.07) is 2.86. The normalized spacial score (nSPS) is 15.0. The van der Waals surface area contributed by atoms with E-state index in [9.17, 15) is 13.9 Å². The summed E-state index contributed by atoms with van der Waals surface area (Å²) < 4.78 is 26.9. The van der Waals surface area contributed by atoms with Gasteiger partial charge in [0.25, 0.3) is 0 Å². The Balaban J connectivity index is 2.92. The van der Waals surface area contributed by atoms with E-state index < -0.39 is 17.7 Å². The molecule has 0 saturated heterocycles. The predicted molar refractivity (Wildman–Crippen MR) is 72.8 cm³/mol. The van der Waals surface area contributed by atoms with E-state index >= 15 is 0 Å². The van der Waals surface area contributed by atoms with Gasteiger partial charge in [0.1, 0.15) is 11.6 Å². The molecule has 2 N–H and O–H groups in total. The average Bonchev–Trinajstić information content (AvgIpc) is 2.31. The van der Waals surface area contributed by atoms with Crippen LogP contribution in [-0.2, 0) is 0 Å². The maximum atomic E-state index is 13.7. The molecule has 1 rings (SSSR count). The van der Waals surface area contributed by atoms with Crippen molar-refractivity contribution in [3.8, 4) is 0 Å². The Labute approximate surface area is 113 Å². The number of aliphatic hydroxyl groups is 1. The molecule has 108 valence electrons. The molecule has 0 aliphatic carbocycles. The molecule has 0 spiro atoms. The minimum absolute atomic E-state index is 0.00922. The minimum Gasteiger partial charge on any atom is -0.387 e. The molecule has 2 nitrogen and oxygen atoms in total. The van der Waals surface area contributed by atoms with Crippen LogP contribution in [-0.4, -0.2) is 17.7 Å². The van der Waals surface area contributed by atoms with E-state index in [0.717, 1.165) is 24.7 Å². The highest BCUT2D eigenvalue weighted by Crippen LogP contribution is 2.25. The number of hydrogen-bond donors (Lipinski definition) is 2. The Bertz CT molecular complexity index is 407. The summed E-state index contributed by atoms with van der Waals surface area (Å²) in [4.78, 5) is 0. The quantitative estimate of drug-likeness (QED) is 0.832. The van der Waals surface area contributed by atoms with Gasteiger partial charge in [-0.1, -0.05) is 27.7 Å². The van der Waals surface area contributed by atoms with Crippen molar-refractivity contribution in [2.45, 2.75) is 39.8 Å². The van der Waals surface area contributed by atoms with Crippen LogP contribution in [0.2, 0.25) is 0 Å². The fourth-order valence-corrected chi connectivity index (χ4v) is 2.02. The van der Waals surface area contributed by atoms with Gasteiger partial charge in [0.2, 0.25) is 0 Å². The molecular formula is C15H23F2NO. The van der Waals surface area contributed by atoms with Gasteiger partial charge in [0.15, 0.2) is 0 Å². The third-order valence-corrected chi connectivity index (χ3v) is 3.10. The minimum atomic E-state index is -1.06. The lowest BCUT2D eigenvalue weighted by atomic mass is 9.92. The van der Waals surface area contributed by atoms with Crippen molar-refractivity contribution in [3.05, 3.63) is 35.4 Å². The molecule has 0 radical (unpaired) electrons. The van der Waals surface area contributed by atoms with Crippen molar-refractivity contribution in [1.82, 2.24) is 5.32 Å². The summed E-state index contributed by atoms with van der Waals surface area (Å²) in [7, 11) is 0. The van der Waals surface area contributed by atoms with Crippen molar-refractivity contribution in [1.29, 1.82) is 0 Å². The second-order valence-corrected chi connectivity index (χ2v) is 5.68. The lowest BCUT2D eigenvalue weighted by Crippen LogP contribution is -2.41. The second kappa shape index (κ2) is 6.96. The highest BCUT2D eigenvalue weighted by Gasteiger charge is 2.26. The maximum absolute atomic E-state index is 13.7. The molecule has 0 fully saturated rings. The molecule has 0 heterocycles. The zero-order chi connectivity index (χ0) is 14.6. The highest BCUT2D eigenvalue weighted by molar-refractivity contribution is 5.22. The van der Waals surface area contributed by atoms with Crippen LogP contribution in [0.25, 0.3) is 0 Å². The van der Waals surface area contributed by atoms with Crippen molar-refractivity contribution >= 4 is 0 Å². The van der Waals surface area contributed by atoms with Crippen LogP contribution >= 0.6 is 0 Å². The molecule has 0 aromatic heterocycles. The molecule has 2 unspecified atom stereocenters. The third-order valence-electron chi connectivity index (χ3n) is 3.10. The fraction of sp³-hybridized carbons (Fsp3) is 0.600. The summed E-state index contributed by atoms with van der Waals surface area (Å²) in [6.45, 7) is 8.72. The first-order valence-corrected chi connectivity index (χ1v) is 6.69. The number of benzene rings is 1. The molecule has 0 bridgehead atoms. The molecule has 1 aromatic rings. The van der Waals surface area contributed by atoms with Gasteiger partial charge in [-0.3, -0.25) is 0 Å². The van der Waals surface area contributed by atoms with Crippen molar-refractivity contribution in [3.63, 3.8) is 0 Å². The molecule has 1 aromatic carbocycles. The Kier molecular flexibility index (Phi) is 5.88. The van der Waals surface area contributed by atoms with Gasteiger partial charge in [-0.15, -0.1) is 0 Å². The van der Waals surface area contributed by atoms with Gasteiger partial charge < -0.3 is 10.4 Å². The lowest BCUT2D eigenvalue weighted by molar-refractivity contribution is 0.0996. The van der Waals surface area contributed by atoms with Gasteiger partial charge in [-0.2, -0.15) is 0 Å². The average molecular weight is 271 g/mol. The van der Waals surface area contributed by atoms with E-state index in [2.05, 4.69) is 19.2 Å². The molecule has 0 saturated carbocycles. The van der Waals surface area contributed by atoms with Crippen LogP contribution in [0.5, 0.6) is 0 Å². The van der Waals surface area contributed by atoms with Crippen LogP contribution in [0.3, 0.4) is 0 Å². The lowest BCUT2D eigenvalue weighted by Gasteiger charge is -2.29. The predicted octanol–water partition coefficient (Wildman–Crippen LogP) is 3.27. The second-order valence-electron chi connectivity index (χ2n) is 5.68. The summed E-state index contributed by atoms with van der Waals surface area (Å²) in [5.41, 5.74) is 0.00922. The van der Waals surface area contributed by atoms with Crippen LogP contribution < -0.4 is 5.32 Å². The largest absolute Gasteiger partial charge is 0.387 e. The zero-order valence-electron chi connectivity index (χ0n) is 12.0. The van der Waals surface area contributed by atoms with Gasteiger partial charge >= 0.3 is 0 Å². The monoisotopic (exact) mass is 271 g/mol. The summed E-state index contributed by atoms with van der Waals surface area (Å²) >= 11 is 0. The van der Waals surface area contributed by atoms with Crippen LogP contribution in [0.4, 0.5) is 8.78 Å². The highest BCUT2D eigenvalue weighted by atomic mass is 19.1. The number of rotatable bonds is 6. The van der Waals surface area contributed by atoms with E-state index in [-0.39, 0.29) is 17.5 Å².